The lowest BCUT2D eigenvalue weighted by Gasteiger charge is -2.29. The number of rotatable bonds is 5. The second-order valence-electron chi connectivity index (χ2n) is 9.01. The first-order chi connectivity index (χ1) is 16.0. The number of fused-ring (bicyclic) bond motifs is 1. The molecule has 1 saturated heterocycles. The number of anilines is 1. The number of ether oxygens (including phenoxy) is 2. The highest BCUT2D eigenvalue weighted by Crippen LogP contribution is 2.32. The van der Waals surface area contributed by atoms with Gasteiger partial charge in [0.05, 0.1) is 29.6 Å². The summed E-state index contributed by atoms with van der Waals surface area (Å²) < 4.78 is 11.6. The Morgan fingerprint density at radius 2 is 1.91 bits per heavy atom. The number of aliphatic imine (C=N–C) groups is 1. The van der Waals surface area contributed by atoms with Gasteiger partial charge in [-0.05, 0) is 55.4 Å². The summed E-state index contributed by atoms with van der Waals surface area (Å²) in [6.45, 7) is 3.34. The molecule has 4 N–H and O–H groups in total. The van der Waals surface area contributed by atoms with Gasteiger partial charge in [0.1, 0.15) is 6.10 Å². The molecule has 3 aliphatic heterocycles. The number of hydrogen-bond acceptors (Lipinski definition) is 7. The highest BCUT2D eigenvalue weighted by Gasteiger charge is 2.31. The third kappa shape index (κ3) is 5.12. The Hall–Kier alpha value is -2.71. The van der Waals surface area contributed by atoms with Crippen LogP contribution in [-0.4, -0.2) is 50.5 Å². The summed E-state index contributed by atoms with van der Waals surface area (Å²) in [5.41, 5.74) is 9.27. The Morgan fingerprint density at radius 1 is 1.18 bits per heavy atom. The lowest BCUT2D eigenvalue weighted by molar-refractivity contribution is -0.119. The molecule has 3 heterocycles. The molecule has 0 spiro atoms. The smallest absolute Gasteiger partial charge is 0.291 e. The number of nitrogens with two attached hydrogens (primary N) is 1. The lowest BCUT2D eigenvalue weighted by Crippen LogP contribution is -2.36. The van der Waals surface area contributed by atoms with Gasteiger partial charge in [-0.1, -0.05) is 23.7 Å². The molecule has 0 aromatic heterocycles. The van der Waals surface area contributed by atoms with Gasteiger partial charge in [-0.15, -0.1) is 0 Å². The maximum Gasteiger partial charge on any atom is 0.291 e. The van der Waals surface area contributed by atoms with Crippen LogP contribution in [0.25, 0.3) is 5.70 Å². The SMILES string of the molecule is NC(=O)C[C@H]1CC[C@H](OC2=NC3NC(c4ccc(N5CCOCC5)cc4)=C(Cl)C=C3N2)CC1. The van der Waals surface area contributed by atoms with Gasteiger partial charge < -0.3 is 30.7 Å². The Balaban J connectivity index is 1.20. The van der Waals surface area contributed by atoms with Crippen molar-refractivity contribution >= 4 is 34.9 Å². The zero-order valence-corrected chi connectivity index (χ0v) is 19.3. The number of halogens is 1. The van der Waals surface area contributed by atoms with E-state index < -0.39 is 0 Å². The average Bonchev–Trinajstić information content (AvgIpc) is 3.21. The maximum atomic E-state index is 11.1. The van der Waals surface area contributed by atoms with E-state index in [9.17, 15) is 4.79 Å². The highest BCUT2D eigenvalue weighted by molar-refractivity contribution is 6.34. The summed E-state index contributed by atoms with van der Waals surface area (Å²) in [6.07, 6.45) is 5.92. The van der Waals surface area contributed by atoms with Crippen molar-refractivity contribution in [3.05, 3.63) is 46.6 Å². The molecule has 1 atom stereocenters. The quantitative estimate of drug-likeness (QED) is 0.610. The first-order valence-electron chi connectivity index (χ1n) is 11.7. The lowest BCUT2D eigenvalue weighted by atomic mass is 9.85. The van der Waals surface area contributed by atoms with Crippen LogP contribution in [0.2, 0.25) is 0 Å². The number of nitrogens with zero attached hydrogens (tertiary/aromatic N) is 2. The molecule has 1 amide bonds. The Morgan fingerprint density at radius 3 is 2.61 bits per heavy atom. The minimum atomic E-state index is -0.248. The van der Waals surface area contributed by atoms with E-state index in [1.54, 1.807) is 0 Å². The number of dihydropyridines is 1. The second kappa shape index (κ2) is 9.65. The predicted molar refractivity (Wildman–Crippen MR) is 128 cm³/mol. The molecule has 9 heteroatoms. The molecular formula is C24H30ClN5O3. The third-order valence-electron chi connectivity index (χ3n) is 6.69. The van der Waals surface area contributed by atoms with Crippen LogP contribution in [0.3, 0.4) is 0 Å². The van der Waals surface area contributed by atoms with Crippen LogP contribution in [0.15, 0.2) is 46.1 Å². The van der Waals surface area contributed by atoms with Crippen LogP contribution in [0, 0.1) is 5.92 Å². The fraction of sp³-hybridized carbons (Fsp3) is 0.500. The number of primary amides is 1. The summed E-state index contributed by atoms with van der Waals surface area (Å²) in [5.74, 6) is 0.146. The molecule has 0 bridgehead atoms. The summed E-state index contributed by atoms with van der Waals surface area (Å²) >= 11 is 6.61. The van der Waals surface area contributed by atoms with Crippen molar-refractivity contribution in [2.24, 2.45) is 16.6 Å². The van der Waals surface area contributed by atoms with Gasteiger partial charge in [0.15, 0.2) is 6.17 Å². The molecule has 1 aromatic rings. The minimum absolute atomic E-state index is 0.0942. The summed E-state index contributed by atoms with van der Waals surface area (Å²) in [7, 11) is 0. The molecule has 1 unspecified atom stereocenters. The van der Waals surface area contributed by atoms with Crippen LogP contribution in [0.5, 0.6) is 0 Å². The van der Waals surface area contributed by atoms with Crippen molar-refractivity contribution in [3.8, 4) is 0 Å². The Bertz CT molecular complexity index is 976. The summed E-state index contributed by atoms with van der Waals surface area (Å²) in [4.78, 5) is 18.2. The van der Waals surface area contributed by atoms with Gasteiger partial charge in [0, 0.05) is 25.2 Å². The predicted octanol–water partition coefficient (Wildman–Crippen LogP) is 2.65. The number of benzene rings is 1. The van der Waals surface area contributed by atoms with E-state index in [2.05, 4.69) is 44.8 Å². The van der Waals surface area contributed by atoms with Gasteiger partial charge in [-0.25, -0.2) is 4.99 Å². The monoisotopic (exact) mass is 471 g/mol. The summed E-state index contributed by atoms with van der Waals surface area (Å²) in [6, 6.07) is 8.94. The maximum absolute atomic E-state index is 11.1. The fourth-order valence-corrected chi connectivity index (χ4v) is 5.17. The molecular weight excluding hydrogens is 442 g/mol. The normalized spacial score (nSPS) is 27.2. The van der Waals surface area contributed by atoms with Gasteiger partial charge >= 0.3 is 0 Å². The molecule has 5 rings (SSSR count). The fourth-order valence-electron chi connectivity index (χ4n) is 4.89. The number of carbonyl (C=O) groups is 1. The van der Waals surface area contributed by atoms with E-state index in [0.29, 0.717) is 23.4 Å². The number of morpholine rings is 1. The van der Waals surface area contributed by atoms with E-state index in [-0.39, 0.29) is 18.2 Å². The number of amides is 1. The van der Waals surface area contributed by atoms with Crippen LogP contribution in [0.1, 0.15) is 37.7 Å². The molecule has 176 valence electrons. The Kier molecular flexibility index (Phi) is 6.46. The van der Waals surface area contributed by atoms with Crippen molar-refractivity contribution in [2.45, 2.75) is 44.4 Å². The van der Waals surface area contributed by atoms with Crippen molar-refractivity contribution in [1.82, 2.24) is 10.6 Å². The van der Waals surface area contributed by atoms with Crippen LogP contribution in [0.4, 0.5) is 5.69 Å². The van der Waals surface area contributed by atoms with Crippen molar-refractivity contribution in [2.75, 3.05) is 31.2 Å². The number of amidine groups is 1. The zero-order chi connectivity index (χ0) is 22.8. The number of carbonyl (C=O) groups excluding carboxylic acids is 1. The molecule has 1 aromatic carbocycles. The second-order valence-corrected chi connectivity index (χ2v) is 9.41. The minimum Gasteiger partial charge on any atom is -0.462 e. The third-order valence-corrected chi connectivity index (χ3v) is 6.99. The molecule has 33 heavy (non-hydrogen) atoms. The molecule has 2 fully saturated rings. The van der Waals surface area contributed by atoms with E-state index in [1.165, 1.54) is 5.69 Å². The van der Waals surface area contributed by atoms with E-state index in [0.717, 1.165) is 68.9 Å². The standard InChI is InChI=1S/C24H30ClN5O3/c25-19-14-20-23(29-24(27-20)33-18-7-1-15(2-8-18)13-21(26)31)28-22(19)16-3-5-17(6-4-16)30-9-11-32-12-10-30/h3-6,14-15,18,23,28H,1-2,7-13H2,(H2,26,31)(H,27,29)/t15-,18-,23?. The van der Waals surface area contributed by atoms with Crippen molar-refractivity contribution < 1.29 is 14.3 Å². The molecule has 8 nitrogen and oxygen atoms in total. The van der Waals surface area contributed by atoms with Crippen molar-refractivity contribution in [1.29, 1.82) is 0 Å². The van der Waals surface area contributed by atoms with Crippen LogP contribution < -0.4 is 21.3 Å². The number of allylic oxidation sites excluding steroid dienone is 2. The number of nitrogens with one attached hydrogen (secondary N) is 2. The molecule has 4 aliphatic rings. The zero-order valence-electron chi connectivity index (χ0n) is 18.6. The van der Waals surface area contributed by atoms with Crippen LogP contribution in [-0.2, 0) is 14.3 Å². The van der Waals surface area contributed by atoms with Gasteiger partial charge in [-0.3, -0.25) is 4.79 Å². The van der Waals surface area contributed by atoms with Crippen molar-refractivity contribution in [3.63, 3.8) is 0 Å². The molecule has 1 aliphatic carbocycles. The molecule has 1 saturated carbocycles. The van der Waals surface area contributed by atoms with E-state index in [1.807, 2.05) is 6.08 Å². The molecule has 0 radical (unpaired) electrons. The Labute approximate surface area is 198 Å². The topological polar surface area (TPSA) is 101 Å². The van der Waals surface area contributed by atoms with E-state index >= 15 is 0 Å². The first kappa shape index (κ1) is 22.1. The largest absolute Gasteiger partial charge is 0.462 e. The summed E-state index contributed by atoms with van der Waals surface area (Å²) in [5, 5.41) is 7.33. The number of hydrogen-bond donors (Lipinski definition) is 3. The van der Waals surface area contributed by atoms with Gasteiger partial charge in [0.2, 0.25) is 5.91 Å². The van der Waals surface area contributed by atoms with Gasteiger partial charge in [-0.2, -0.15) is 0 Å². The van der Waals surface area contributed by atoms with Gasteiger partial charge in [0.25, 0.3) is 6.02 Å². The average molecular weight is 472 g/mol. The van der Waals surface area contributed by atoms with E-state index in [4.69, 9.17) is 26.8 Å². The highest BCUT2D eigenvalue weighted by atomic mass is 35.5. The van der Waals surface area contributed by atoms with Crippen LogP contribution >= 0.6 is 11.6 Å². The first-order valence-corrected chi connectivity index (χ1v) is 12.0.